The molecular weight excluding hydrogens is 584 g/mol. The summed E-state index contributed by atoms with van der Waals surface area (Å²) in [4.78, 5) is 64.0. The first-order valence-corrected chi connectivity index (χ1v) is 14.5. The zero-order valence-electron chi connectivity index (χ0n) is 21.1. The molecule has 2 aliphatic rings. The van der Waals surface area contributed by atoms with Crippen LogP contribution in [0.4, 0.5) is 10.9 Å². The van der Waals surface area contributed by atoms with E-state index in [0.29, 0.717) is 16.5 Å². The minimum atomic E-state index is -1.52. The summed E-state index contributed by atoms with van der Waals surface area (Å²) in [6, 6.07) is 0.543. The molecule has 212 valence electrons. The van der Waals surface area contributed by atoms with E-state index in [1.807, 2.05) is 0 Å². The molecule has 1 fully saturated rings. The Hall–Kier alpha value is -3.90. The van der Waals surface area contributed by atoms with Crippen LogP contribution in [0.5, 0.6) is 0 Å². The van der Waals surface area contributed by atoms with Gasteiger partial charge in [-0.25, -0.2) is 14.3 Å². The Morgan fingerprint density at radius 3 is 2.77 bits per heavy atom. The largest absolute Gasteiger partial charge is 0.543 e. The predicted molar refractivity (Wildman–Crippen MR) is 143 cm³/mol. The molecule has 2 aromatic rings. The fraction of sp³-hybridized carbons (Fsp3) is 0.364. The van der Waals surface area contributed by atoms with Crippen LogP contribution < -0.4 is 26.5 Å². The molecule has 1 saturated heterocycles. The number of carbonyl (C=O) groups excluding carboxylic acids is 3. The third kappa shape index (κ3) is 5.97. The number of thioether (sulfide) groups is 2. The number of nitrogens with two attached hydrogens (primary N) is 2. The molecular formula is C22H24N8O7S3. The van der Waals surface area contributed by atoms with E-state index in [2.05, 4.69) is 20.4 Å². The number of anilines is 2. The zero-order valence-corrected chi connectivity index (χ0v) is 23.5. The van der Waals surface area contributed by atoms with E-state index in [0.717, 1.165) is 16.2 Å². The molecule has 40 heavy (non-hydrogen) atoms. The van der Waals surface area contributed by atoms with Gasteiger partial charge in [0.25, 0.3) is 11.8 Å². The van der Waals surface area contributed by atoms with E-state index in [4.69, 9.17) is 16.3 Å². The van der Waals surface area contributed by atoms with Gasteiger partial charge in [0.15, 0.2) is 10.8 Å². The first-order chi connectivity index (χ1) is 19.0. The maximum atomic E-state index is 13.2. The molecule has 2 amide bonds. The summed E-state index contributed by atoms with van der Waals surface area (Å²) < 4.78 is 1.73. The number of aromatic nitrogens is 3. The molecule has 3 atom stereocenters. The molecule has 2 aliphatic heterocycles. The van der Waals surface area contributed by atoms with Crippen LogP contribution in [0.2, 0.25) is 0 Å². The number of fused-ring (bicyclic) bond motifs is 1. The number of carboxylic acids is 2. The molecule has 0 radical (unpaired) electrons. The zero-order chi connectivity index (χ0) is 29.1. The van der Waals surface area contributed by atoms with Crippen LogP contribution in [0.1, 0.15) is 19.0 Å². The van der Waals surface area contributed by atoms with Crippen molar-refractivity contribution in [2.45, 2.75) is 36.0 Å². The van der Waals surface area contributed by atoms with Gasteiger partial charge in [-0.15, -0.1) is 23.1 Å². The molecule has 6 N–H and O–H groups in total. The molecule has 0 spiro atoms. The van der Waals surface area contributed by atoms with Crippen molar-refractivity contribution in [3.63, 3.8) is 0 Å². The average Bonchev–Trinajstić information content (AvgIpc) is 3.34. The summed E-state index contributed by atoms with van der Waals surface area (Å²) in [5.41, 5.74) is 11.3. The quantitative estimate of drug-likeness (QED) is 0.0558. The number of nitrogens with zero attached hydrogens (tertiary/aromatic N) is 5. The van der Waals surface area contributed by atoms with Crippen molar-refractivity contribution in [1.82, 2.24) is 20.2 Å². The summed E-state index contributed by atoms with van der Waals surface area (Å²) in [5.74, 6) is -3.53. The van der Waals surface area contributed by atoms with Gasteiger partial charge in [-0.3, -0.25) is 14.5 Å². The third-order valence-corrected chi connectivity index (χ3v) is 8.94. The molecule has 4 rings (SSSR count). The van der Waals surface area contributed by atoms with E-state index >= 15 is 0 Å². The number of oxime groups is 1. The second-order valence-corrected chi connectivity index (χ2v) is 11.4. The maximum Gasteiger partial charge on any atom is 0.361 e. The van der Waals surface area contributed by atoms with Gasteiger partial charge >= 0.3 is 11.1 Å². The number of aliphatic carboxylic acids is 2. The number of aryl methyl sites for hydroxylation is 1. The van der Waals surface area contributed by atoms with Gasteiger partial charge in [0.2, 0.25) is 11.9 Å². The van der Waals surface area contributed by atoms with Crippen LogP contribution in [0.15, 0.2) is 39.2 Å². The first kappa shape index (κ1) is 29.1. The highest BCUT2D eigenvalue weighted by Gasteiger charge is 2.53. The Labute approximate surface area is 239 Å². The Bertz CT molecular complexity index is 1430. The minimum Gasteiger partial charge on any atom is -0.543 e. The Morgan fingerprint density at radius 2 is 2.15 bits per heavy atom. The molecule has 2 aromatic heterocycles. The first-order valence-electron chi connectivity index (χ1n) is 11.6. The van der Waals surface area contributed by atoms with Crippen molar-refractivity contribution < 1.29 is 38.8 Å². The van der Waals surface area contributed by atoms with E-state index < -0.39 is 41.3 Å². The van der Waals surface area contributed by atoms with Crippen LogP contribution in [-0.2, 0) is 31.1 Å². The lowest BCUT2D eigenvalue weighted by Crippen LogP contribution is -2.71. The van der Waals surface area contributed by atoms with Crippen LogP contribution in [-0.4, -0.2) is 78.5 Å². The normalized spacial score (nSPS) is 19.5. The number of nitrogens with one attached hydrogen (secondary N) is 1. The highest BCUT2D eigenvalue weighted by Crippen LogP contribution is 2.41. The lowest BCUT2D eigenvalue weighted by atomic mass is 10.0. The van der Waals surface area contributed by atoms with Crippen molar-refractivity contribution >= 4 is 75.3 Å². The van der Waals surface area contributed by atoms with Crippen LogP contribution in [0, 0.1) is 0 Å². The van der Waals surface area contributed by atoms with Gasteiger partial charge in [0, 0.05) is 23.0 Å². The third-order valence-electron chi connectivity index (χ3n) is 5.80. The standard InChI is InChI=1S/C22H24N8O7S3/c1-3-11(19(33)34)37-28-13(10-8-39-21(24)25-10)16(31)27-14-17(32)30-15(20(35)36)9(6-38-18(14)30)7-40-22-26-12(23)4-5-29(22)2/h4-5,8,11,14,18,23H,3,6-7H2,1-2H3,(H5,24,25,27,31,33,34,35,36)/b28-13-/t11-,14?,18-/m1/s1. The van der Waals surface area contributed by atoms with E-state index in [9.17, 15) is 29.4 Å². The van der Waals surface area contributed by atoms with Crippen LogP contribution in [0.3, 0.4) is 0 Å². The van der Waals surface area contributed by atoms with Gasteiger partial charge in [-0.1, -0.05) is 12.1 Å². The van der Waals surface area contributed by atoms with Crippen molar-refractivity contribution in [2.75, 3.05) is 23.0 Å². The lowest BCUT2D eigenvalue weighted by molar-refractivity contribution is -0.713. The molecule has 4 heterocycles. The predicted octanol–water partition coefficient (Wildman–Crippen LogP) is -1.69. The molecule has 0 saturated carbocycles. The molecule has 15 nitrogen and oxygen atoms in total. The second kappa shape index (κ2) is 12.1. The summed E-state index contributed by atoms with van der Waals surface area (Å²) in [7, 11) is 1.77. The van der Waals surface area contributed by atoms with Gasteiger partial charge in [0.1, 0.15) is 17.1 Å². The number of carbonyl (C=O) groups is 4. The summed E-state index contributed by atoms with van der Waals surface area (Å²) in [5, 5.41) is 28.9. The summed E-state index contributed by atoms with van der Waals surface area (Å²) >= 11 is 3.55. The van der Waals surface area contributed by atoms with E-state index in [1.54, 1.807) is 30.8 Å². The topological polar surface area (TPSA) is 230 Å². The lowest BCUT2D eigenvalue weighted by Gasteiger charge is -2.50. The van der Waals surface area contributed by atoms with Crippen molar-refractivity contribution in [3.05, 3.63) is 34.6 Å². The Balaban J connectivity index is 1.52. The van der Waals surface area contributed by atoms with E-state index in [1.165, 1.54) is 28.9 Å². The number of rotatable bonds is 11. The fourth-order valence-electron chi connectivity index (χ4n) is 3.77. The van der Waals surface area contributed by atoms with Gasteiger partial charge in [0.05, 0.1) is 24.9 Å². The number of hydrogen-bond donors (Lipinski definition) is 4. The summed E-state index contributed by atoms with van der Waals surface area (Å²) in [6.45, 7) is 1.57. The highest BCUT2D eigenvalue weighted by molar-refractivity contribution is 8.01. The Kier molecular flexibility index (Phi) is 8.79. The molecule has 1 unspecified atom stereocenters. The average molecular weight is 609 g/mol. The number of thiazole rings is 1. The summed E-state index contributed by atoms with van der Waals surface area (Å²) in [6.07, 6.45) is 0.487. The monoisotopic (exact) mass is 608 g/mol. The van der Waals surface area contributed by atoms with Gasteiger partial charge < -0.3 is 36.6 Å². The van der Waals surface area contributed by atoms with Crippen molar-refractivity contribution in [1.29, 1.82) is 0 Å². The van der Waals surface area contributed by atoms with E-state index in [-0.39, 0.29) is 40.2 Å². The van der Waals surface area contributed by atoms with Crippen molar-refractivity contribution in [2.24, 2.45) is 12.2 Å². The molecule has 0 aromatic carbocycles. The van der Waals surface area contributed by atoms with Crippen LogP contribution >= 0.6 is 34.9 Å². The SMILES string of the molecule is CC[C@@H](O/N=C(\C(=O)NC1C(=O)N2C(C(=O)[O-])=C(CSc3nc(N)cc[n+]3C)CS[C@H]12)c1csc(N)n1)C(=O)O. The van der Waals surface area contributed by atoms with Gasteiger partial charge in [-0.05, 0) is 28.7 Å². The molecule has 0 aliphatic carbocycles. The Morgan fingerprint density at radius 1 is 1.40 bits per heavy atom. The number of carboxylic acid groups (broad SMARTS) is 2. The number of nitrogen functional groups attached to an aromatic ring is 2. The van der Waals surface area contributed by atoms with Gasteiger partial charge in [-0.2, -0.15) is 0 Å². The number of amides is 2. The molecule has 0 bridgehead atoms. The fourth-order valence-corrected chi connectivity index (χ4v) is 6.77. The highest BCUT2D eigenvalue weighted by atomic mass is 32.2. The number of hydrogen-bond acceptors (Lipinski definition) is 14. The van der Waals surface area contributed by atoms with Crippen molar-refractivity contribution in [3.8, 4) is 0 Å². The maximum absolute atomic E-state index is 13.2. The smallest absolute Gasteiger partial charge is 0.361 e. The minimum absolute atomic E-state index is 0.0260. The van der Waals surface area contributed by atoms with Crippen LogP contribution in [0.25, 0.3) is 0 Å². The number of β-lactam (4-membered cyclic amide) rings is 1. The molecule has 18 heteroatoms. The second-order valence-electron chi connectivity index (χ2n) is 8.49.